The predicted octanol–water partition coefficient (Wildman–Crippen LogP) is 5.59. The molecule has 2 bridgehead atoms. The van der Waals surface area contributed by atoms with E-state index in [0.717, 1.165) is 29.3 Å². The van der Waals surface area contributed by atoms with Crippen molar-refractivity contribution in [2.24, 2.45) is 23.2 Å². The summed E-state index contributed by atoms with van der Waals surface area (Å²) in [6, 6.07) is 5.30. The Labute approximate surface area is 187 Å². The number of unbranched alkanes of at least 4 members (excludes halogenated alkanes) is 1. The van der Waals surface area contributed by atoms with Crippen LogP contribution in [0.15, 0.2) is 35.7 Å². The van der Waals surface area contributed by atoms with Crippen molar-refractivity contribution in [2.45, 2.75) is 58.4 Å². The Kier molecular flexibility index (Phi) is 6.11. The fourth-order valence-corrected chi connectivity index (χ4v) is 6.47. The molecule has 3 fully saturated rings. The molecule has 3 N–H and O–H groups in total. The van der Waals surface area contributed by atoms with E-state index < -0.39 is 5.97 Å². The van der Waals surface area contributed by atoms with Crippen molar-refractivity contribution in [3.8, 4) is 5.75 Å². The molecular formula is C25H31NO4S. The summed E-state index contributed by atoms with van der Waals surface area (Å²) in [6.45, 7) is 4.64. The number of allylic oxidation sites excluding steroid dienone is 2. The molecule has 1 amide bonds. The molecule has 0 unspecified atom stereocenters. The summed E-state index contributed by atoms with van der Waals surface area (Å²) in [5, 5.41) is 24.7. The summed E-state index contributed by atoms with van der Waals surface area (Å²) in [7, 11) is 0. The lowest BCUT2D eigenvalue weighted by Crippen LogP contribution is -2.63. The van der Waals surface area contributed by atoms with Gasteiger partial charge < -0.3 is 15.5 Å². The van der Waals surface area contributed by atoms with Gasteiger partial charge in [-0.3, -0.25) is 9.59 Å². The van der Waals surface area contributed by atoms with Crippen molar-refractivity contribution in [3.05, 3.63) is 41.3 Å². The smallest absolute Gasteiger partial charge is 0.303 e. The highest BCUT2D eigenvalue weighted by Gasteiger charge is 2.57. The number of phenols is 1. The first kappa shape index (κ1) is 21.9. The summed E-state index contributed by atoms with van der Waals surface area (Å²) in [6.07, 6.45) is 9.08. The van der Waals surface area contributed by atoms with Gasteiger partial charge in [0.25, 0.3) is 5.91 Å². The fourth-order valence-electron chi connectivity index (χ4n) is 5.55. The Morgan fingerprint density at radius 3 is 2.81 bits per heavy atom. The standard InChI is InChI=1S/C25H31NO4S/c1-25(2)16-11-15(7-5-3-4-6-8-22(28)29)23(20(25)12-16)26-24(30)19-14-31-21-10-9-17(27)13-18(19)21/h3,5,9-10,13-16,20,23,27H,4,6-8,11-12H2,1-2H3,(H,26,30)(H,28,29)/t15-,16+,20+,23-/m0/s1. The molecule has 0 radical (unpaired) electrons. The molecule has 31 heavy (non-hydrogen) atoms. The number of fused-ring (bicyclic) bond motifs is 3. The second-order valence-corrected chi connectivity index (χ2v) is 10.6. The lowest BCUT2D eigenvalue weighted by atomic mass is 9.44. The second kappa shape index (κ2) is 8.65. The van der Waals surface area contributed by atoms with E-state index in [1.807, 2.05) is 11.4 Å². The Morgan fingerprint density at radius 2 is 2.06 bits per heavy atom. The van der Waals surface area contributed by atoms with Crippen molar-refractivity contribution in [1.82, 2.24) is 5.32 Å². The van der Waals surface area contributed by atoms with E-state index in [0.29, 0.717) is 29.7 Å². The predicted molar refractivity (Wildman–Crippen MR) is 123 cm³/mol. The number of thiophene rings is 1. The van der Waals surface area contributed by atoms with Crippen LogP contribution in [-0.2, 0) is 4.79 Å². The number of aromatic hydroxyl groups is 1. The molecule has 3 aliphatic carbocycles. The van der Waals surface area contributed by atoms with E-state index in [2.05, 4.69) is 31.3 Å². The van der Waals surface area contributed by atoms with Crippen LogP contribution in [0.4, 0.5) is 0 Å². The highest BCUT2D eigenvalue weighted by molar-refractivity contribution is 7.17. The zero-order chi connectivity index (χ0) is 22.2. The van der Waals surface area contributed by atoms with E-state index in [1.54, 1.807) is 12.1 Å². The van der Waals surface area contributed by atoms with Crippen molar-refractivity contribution in [1.29, 1.82) is 0 Å². The number of phenolic OH excluding ortho intramolecular Hbond substituents is 1. The van der Waals surface area contributed by atoms with Crippen LogP contribution in [-0.4, -0.2) is 28.1 Å². The second-order valence-electron chi connectivity index (χ2n) is 9.68. The normalized spacial score (nSPS) is 26.6. The van der Waals surface area contributed by atoms with Crippen molar-refractivity contribution >= 4 is 33.3 Å². The highest BCUT2D eigenvalue weighted by Crippen LogP contribution is 2.61. The number of hydrogen-bond donors (Lipinski definition) is 3. The molecule has 1 aromatic heterocycles. The average molecular weight is 442 g/mol. The Morgan fingerprint density at radius 1 is 1.26 bits per heavy atom. The van der Waals surface area contributed by atoms with Gasteiger partial charge in [0.2, 0.25) is 0 Å². The molecule has 0 aliphatic heterocycles. The summed E-state index contributed by atoms with van der Waals surface area (Å²) >= 11 is 1.52. The molecule has 166 valence electrons. The van der Waals surface area contributed by atoms with Crippen LogP contribution in [0.5, 0.6) is 5.75 Å². The molecule has 1 heterocycles. The van der Waals surface area contributed by atoms with Crippen LogP contribution >= 0.6 is 11.3 Å². The first-order valence-corrected chi connectivity index (χ1v) is 12.0. The first-order valence-electron chi connectivity index (χ1n) is 11.1. The number of aliphatic carboxylic acids is 1. The van der Waals surface area contributed by atoms with Gasteiger partial charge in [-0.2, -0.15) is 0 Å². The van der Waals surface area contributed by atoms with Gasteiger partial charge in [0, 0.05) is 27.9 Å². The van der Waals surface area contributed by atoms with Gasteiger partial charge in [-0.05, 0) is 73.5 Å². The molecule has 3 saturated carbocycles. The van der Waals surface area contributed by atoms with Crippen molar-refractivity contribution < 1.29 is 19.8 Å². The number of carbonyl (C=O) groups is 2. The molecule has 6 heteroatoms. The maximum absolute atomic E-state index is 13.2. The fraction of sp³-hybridized carbons (Fsp3) is 0.520. The van der Waals surface area contributed by atoms with Crippen LogP contribution in [0.3, 0.4) is 0 Å². The maximum atomic E-state index is 13.2. The number of carboxylic acids is 1. The number of hydrogen-bond acceptors (Lipinski definition) is 4. The monoisotopic (exact) mass is 441 g/mol. The zero-order valence-electron chi connectivity index (χ0n) is 18.1. The van der Waals surface area contributed by atoms with Gasteiger partial charge in [0.1, 0.15) is 5.75 Å². The average Bonchev–Trinajstić information content (AvgIpc) is 3.13. The Bertz CT molecular complexity index is 1010. The summed E-state index contributed by atoms with van der Waals surface area (Å²) in [5.74, 6) is 0.939. The van der Waals surface area contributed by atoms with E-state index in [1.165, 1.54) is 17.8 Å². The third-order valence-corrected chi connectivity index (χ3v) is 8.50. The van der Waals surface area contributed by atoms with Gasteiger partial charge >= 0.3 is 5.97 Å². The van der Waals surface area contributed by atoms with Gasteiger partial charge in [-0.25, -0.2) is 0 Å². The van der Waals surface area contributed by atoms with Crippen LogP contribution in [0.2, 0.25) is 0 Å². The van der Waals surface area contributed by atoms with E-state index in [4.69, 9.17) is 5.11 Å². The lowest BCUT2D eigenvalue weighted by Gasteiger charge is -2.62. The van der Waals surface area contributed by atoms with Crippen LogP contribution < -0.4 is 5.32 Å². The van der Waals surface area contributed by atoms with E-state index in [9.17, 15) is 14.7 Å². The number of nitrogens with one attached hydrogen (secondary N) is 1. The van der Waals surface area contributed by atoms with Gasteiger partial charge in [0.15, 0.2) is 0 Å². The lowest BCUT2D eigenvalue weighted by molar-refractivity contribution is -0.137. The quantitative estimate of drug-likeness (QED) is 0.368. The number of rotatable bonds is 8. The third kappa shape index (κ3) is 4.36. The summed E-state index contributed by atoms with van der Waals surface area (Å²) in [4.78, 5) is 23.9. The Balaban J connectivity index is 1.46. The number of carboxylic acid groups (broad SMARTS) is 1. The maximum Gasteiger partial charge on any atom is 0.303 e. The van der Waals surface area contributed by atoms with E-state index >= 15 is 0 Å². The summed E-state index contributed by atoms with van der Waals surface area (Å²) < 4.78 is 0.997. The molecule has 5 nitrogen and oxygen atoms in total. The van der Waals surface area contributed by atoms with Gasteiger partial charge in [0.05, 0.1) is 5.56 Å². The zero-order valence-corrected chi connectivity index (χ0v) is 19.0. The number of amides is 1. The minimum Gasteiger partial charge on any atom is -0.508 e. The van der Waals surface area contributed by atoms with Crippen molar-refractivity contribution in [2.75, 3.05) is 0 Å². The molecular weight excluding hydrogens is 410 g/mol. The molecule has 4 atom stereocenters. The molecule has 3 aliphatic rings. The summed E-state index contributed by atoms with van der Waals surface area (Å²) in [5.41, 5.74) is 0.882. The van der Waals surface area contributed by atoms with Crippen LogP contribution in [0, 0.1) is 23.2 Å². The van der Waals surface area contributed by atoms with Crippen LogP contribution in [0.25, 0.3) is 10.1 Å². The highest BCUT2D eigenvalue weighted by atomic mass is 32.1. The minimum absolute atomic E-state index is 0.0570. The van der Waals surface area contributed by atoms with Crippen molar-refractivity contribution in [3.63, 3.8) is 0 Å². The Hall–Kier alpha value is -2.34. The molecule has 2 aromatic rings. The van der Waals surface area contributed by atoms with E-state index in [-0.39, 0.29) is 29.5 Å². The largest absolute Gasteiger partial charge is 0.508 e. The van der Waals surface area contributed by atoms with Gasteiger partial charge in [-0.1, -0.05) is 26.0 Å². The molecule has 5 rings (SSSR count). The molecule has 0 saturated heterocycles. The minimum atomic E-state index is -0.750. The topological polar surface area (TPSA) is 86.6 Å². The molecule has 1 aromatic carbocycles. The number of benzene rings is 1. The van der Waals surface area contributed by atoms with Crippen LogP contribution in [0.1, 0.15) is 62.7 Å². The third-order valence-electron chi connectivity index (χ3n) is 7.54. The SMILES string of the molecule is CC1(C)[C@@H]2C[C@H](CC=CCCCC(=O)O)[C@H](NC(=O)c3csc4ccc(O)cc34)[C@H]1C2. The van der Waals surface area contributed by atoms with Gasteiger partial charge in [-0.15, -0.1) is 11.3 Å². The number of carbonyl (C=O) groups excluding carboxylic acids is 1. The first-order chi connectivity index (χ1) is 14.8. The molecule has 0 spiro atoms.